The van der Waals surface area contributed by atoms with Crippen LogP contribution in [-0.2, 0) is 9.53 Å². The highest BCUT2D eigenvalue weighted by Gasteiger charge is 2.24. The average Bonchev–Trinajstić information content (AvgIpc) is 2.37. The first-order chi connectivity index (χ1) is 8.72. The van der Waals surface area contributed by atoms with Crippen molar-refractivity contribution in [3.63, 3.8) is 0 Å². The van der Waals surface area contributed by atoms with Gasteiger partial charge in [-0.2, -0.15) is 0 Å². The minimum Gasteiger partial charge on any atom is -0.482 e. The van der Waals surface area contributed by atoms with Gasteiger partial charge in [-0.3, -0.25) is 4.79 Å². The molecule has 1 amide bonds. The molecule has 0 unspecified atom stereocenters. The van der Waals surface area contributed by atoms with E-state index in [1.165, 1.54) is 0 Å². The van der Waals surface area contributed by atoms with Crippen LogP contribution in [0.4, 0.5) is 5.69 Å². The third kappa shape index (κ3) is 2.80. The lowest BCUT2D eigenvalue weighted by molar-refractivity contribution is -0.121. The smallest absolute Gasteiger partial charge is 0.265 e. The fourth-order valence-corrected chi connectivity index (χ4v) is 1.90. The van der Waals surface area contributed by atoms with Gasteiger partial charge in [-0.15, -0.1) is 0 Å². The molecular weight excluding hydrogens is 232 g/mol. The van der Waals surface area contributed by atoms with Crippen LogP contribution in [-0.4, -0.2) is 38.8 Å². The molecule has 0 bridgehead atoms. The Morgan fingerprint density at radius 1 is 1.44 bits per heavy atom. The molecule has 18 heavy (non-hydrogen) atoms. The Hall–Kier alpha value is -1.59. The van der Waals surface area contributed by atoms with Crippen LogP contribution >= 0.6 is 0 Å². The number of aryl methyl sites for hydroxylation is 1. The maximum atomic E-state index is 11.8. The number of anilines is 1. The molecule has 98 valence electrons. The monoisotopic (exact) mass is 250 g/mol. The molecule has 0 radical (unpaired) electrons. The number of hydrogen-bond acceptors (Lipinski definition) is 4. The lowest BCUT2D eigenvalue weighted by atomic mass is 10.1. The number of ether oxygens (including phenoxy) is 2. The summed E-state index contributed by atoms with van der Waals surface area (Å²) in [5.41, 5.74) is 7.27. The molecule has 1 aliphatic rings. The molecule has 1 aromatic rings. The molecule has 1 aromatic carbocycles. The Bertz CT molecular complexity index is 434. The topological polar surface area (TPSA) is 64.8 Å². The van der Waals surface area contributed by atoms with Crippen molar-refractivity contribution < 1.29 is 14.3 Å². The van der Waals surface area contributed by atoms with Crippen LogP contribution in [0, 0.1) is 6.92 Å². The van der Waals surface area contributed by atoms with Crippen molar-refractivity contribution in [3.8, 4) is 5.75 Å². The molecule has 5 nitrogen and oxygen atoms in total. The summed E-state index contributed by atoms with van der Waals surface area (Å²) in [7, 11) is 0. The summed E-state index contributed by atoms with van der Waals surface area (Å²) >= 11 is 0. The van der Waals surface area contributed by atoms with Gasteiger partial charge in [-0.25, -0.2) is 0 Å². The summed E-state index contributed by atoms with van der Waals surface area (Å²) in [5, 5.41) is 0. The molecule has 5 heteroatoms. The Morgan fingerprint density at radius 2 is 2.28 bits per heavy atom. The molecule has 0 fully saturated rings. The van der Waals surface area contributed by atoms with Crippen molar-refractivity contribution in [2.45, 2.75) is 6.92 Å². The summed E-state index contributed by atoms with van der Waals surface area (Å²) in [6.45, 7) is 4.10. The predicted octanol–water partition coefficient (Wildman–Crippen LogP) is 0.696. The molecule has 2 rings (SSSR count). The second-order valence-corrected chi connectivity index (χ2v) is 4.21. The van der Waals surface area contributed by atoms with E-state index in [4.69, 9.17) is 15.2 Å². The SMILES string of the molecule is Cc1ccc2c(c1)OCC(=O)N2CCOCCN. The molecule has 0 saturated carbocycles. The van der Waals surface area contributed by atoms with Gasteiger partial charge in [0, 0.05) is 13.1 Å². The average molecular weight is 250 g/mol. The first-order valence-electron chi connectivity index (χ1n) is 6.04. The third-order valence-electron chi connectivity index (χ3n) is 2.78. The van der Waals surface area contributed by atoms with Crippen molar-refractivity contribution in [1.82, 2.24) is 0 Å². The van der Waals surface area contributed by atoms with Crippen LogP contribution in [0.1, 0.15) is 5.56 Å². The van der Waals surface area contributed by atoms with Gasteiger partial charge in [-0.05, 0) is 24.6 Å². The van der Waals surface area contributed by atoms with Gasteiger partial charge in [0.15, 0.2) is 6.61 Å². The summed E-state index contributed by atoms with van der Waals surface area (Å²) in [6, 6.07) is 5.81. The van der Waals surface area contributed by atoms with E-state index >= 15 is 0 Å². The number of amides is 1. The minimum atomic E-state index is -0.0392. The summed E-state index contributed by atoms with van der Waals surface area (Å²) in [6.07, 6.45) is 0. The van der Waals surface area contributed by atoms with E-state index in [1.807, 2.05) is 25.1 Å². The first kappa shape index (κ1) is 12.9. The highest BCUT2D eigenvalue weighted by atomic mass is 16.5. The van der Waals surface area contributed by atoms with Crippen molar-refractivity contribution in [2.75, 3.05) is 37.8 Å². The van der Waals surface area contributed by atoms with Crippen LogP contribution in [0.15, 0.2) is 18.2 Å². The Balaban J connectivity index is 2.08. The van der Waals surface area contributed by atoms with Crippen molar-refractivity contribution in [3.05, 3.63) is 23.8 Å². The summed E-state index contributed by atoms with van der Waals surface area (Å²) < 4.78 is 10.7. The van der Waals surface area contributed by atoms with Crippen molar-refractivity contribution in [1.29, 1.82) is 0 Å². The second-order valence-electron chi connectivity index (χ2n) is 4.21. The zero-order valence-corrected chi connectivity index (χ0v) is 10.5. The van der Waals surface area contributed by atoms with Crippen LogP contribution in [0.2, 0.25) is 0 Å². The maximum absolute atomic E-state index is 11.8. The van der Waals surface area contributed by atoms with Gasteiger partial charge in [0.1, 0.15) is 5.75 Å². The summed E-state index contributed by atoms with van der Waals surface area (Å²) in [5.74, 6) is 0.719. The molecule has 1 heterocycles. The van der Waals surface area contributed by atoms with Crippen LogP contribution in [0.5, 0.6) is 5.75 Å². The molecule has 2 N–H and O–H groups in total. The standard InChI is InChI=1S/C13H18N2O3/c1-10-2-3-11-12(8-10)18-9-13(16)15(11)5-7-17-6-4-14/h2-3,8H,4-7,9,14H2,1H3. The van der Waals surface area contributed by atoms with Gasteiger partial charge in [0.2, 0.25) is 0 Å². The lowest BCUT2D eigenvalue weighted by Gasteiger charge is -2.29. The molecule has 0 aromatic heterocycles. The Labute approximate surface area is 106 Å². The van der Waals surface area contributed by atoms with Crippen LogP contribution in [0.3, 0.4) is 0 Å². The van der Waals surface area contributed by atoms with Crippen LogP contribution < -0.4 is 15.4 Å². The first-order valence-corrected chi connectivity index (χ1v) is 6.04. The van der Waals surface area contributed by atoms with E-state index in [2.05, 4.69) is 0 Å². The molecule has 0 saturated heterocycles. The second kappa shape index (κ2) is 5.84. The van der Waals surface area contributed by atoms with Gasteiger partial charge in [-0.1, -0.05) is 6.07 Å². The Kier molecular flexibility index (Phi) is 4.17. The minimum absolute atomic E-state index is 0.0392. The van der Waals surface area contributed by atoms with E-state index in [0.29, 0.717) is 26.3 Å². The largest absolute Gasteiger partial charge is 0.482 e. The zero-order chi connectivity index (χ0) is 13.0. The number of nitrogens with zero attached hydrogens (tertiary/aromatic N) is 1. The van der Waals surface area contributed by atoms with E-state index in [0.717, 1.165) is 17.0 Å². The van der Waals surface area contributed by atoms with Gasteiger partial charge in [0.05, 0.1) is 18.9 Å². The quantitative estimate of drug-likeness (QED) is 0.781. The number of benzene rings is 1. The van der Waals surface area contributed by atoms with E-state index in [9.17, 15) is 4.79 Å². The number of nitrogens with two attached hydrogens (primary N) is 1. The fourth-order valence-electron chi connectivity index (χ4n) is 1.90. The molecule has 0 spiro atoms. The predicted molar refractivity (Wildman–Crippen MR) is 68.9 cm³/mol. The van der Waals surface area contributed by atoms with Gasteiger partial charge in [0.25, 0.3) is 5.91 Å². The number of rotatable bonds is 5. The maximum Gasteiger partial charge on any atom is 0.265 e. The third-order valence-corrected chi connectivity index (χ3v) is 2.78. The number of hydrogen-bond donors (Lipinski definition) is 1. The molecule has 1 aliphatic heterocycles. The van der Waals surface area contributed by atoms with Crippen molar-refractivity contribution >= 4 is 11.6 Å². The van der Waals surface area contributed by atoms with Crippen LogP contribution in [0.25, 0.3) is 0 Å². The Morgan fingerprint density at radius 3 is 3.06 bits per heavy atom. The highest BCUT2D eigenvalue weighted by molar-refractivity contribution is 5.97. The summed E-state index contributed by atoms with van der Waals surface area (Å²) in [4.78, 5) is 13.5. The molecule has 0 atom stereocenters. The van der Waals surface area contributed by atoms with Crippen molar-refractivity contribution in [2.24, 2.45) is 5.73 Å². The molecule has 0 aliphatic carbocycles. The van der Waals surface area contributed by atoms with Gasteiger partial charge < -0.3 is 20.1 Å². The van der Waals surface area contributed by atoms with Gasteiger partial charge >= 0.3 is 0 Å². The number of carbonyl (C=O) groups excluding carboxylic acids is 1. The van der Waals surface area contributed by atoms with E-state index < -0.39 is 0 Å². The molecular formula is C13H18N2O3. The number of fused-ring (bicyclic) bond motifs is 1. The van der Waals surface area contributed by atoms with E-state index in [-0.39, 0.29) is 12.5 Å². The van der Waals surface area contributed by atoms with E-state index in [1.54, 1.807) is 4.90 Å². The lowest BCUT2D eigenvalue weighted by Crippen LogP contribution is -2.41. The highest BCUT2D eigenvalue weighted by Crippen LogP contribution is 2.32. The zero-order valence-electron chi connectivity index (χ0n) is 10.5. The normalized spacial score (nSPS) is 14.3. The fraction of sp³-hybridized carbons (Fsp3) is 0.462. The number of carbonyl (C=O) groups is 1.